The van der Waals surface area contributed by atoms with E-state index in [-0.39, 0.29) is 33.3 Å². The molecule has 1 amide bonds. The molecule has 33 heavy (non-hydrogen) atoms. The number of amides is 1. The zero-order valence-electron chi connectivity index (χ0n) is 18.2. The lowest BCUT2D eigenvalue weighted by molar-refractivity contribution is -0.120. The third kappa shape index (κ3) is 6.41. The van der Waals surface area contributed by atoms with Crippen molar-refractivity contribution in [1.82, 2.24) is 5.32 Å². The minimum Gasteiger partial charge on any atom is -0.491 e. The number of sulfonamides is 1. The van der Waals surface area contributed by atoms with E-state index in [4.69, 9.17) is 27.9 Å². The Bertz CT molecular complexity index is 1220. The van der Waals surface area contributed by atoms with E-state index in [0.717, 1.165) is 15.6 Å². The maximum absolute atomic E-state index is 13.3. The summed E-state index contributed by atoms with van der Waals surface area (Å²) in [4.78, 5) is 12.9. The number of anilines is 1. The Labute approximate surface area is 204 Å². The Morgan fingerprint density at radius 3 is 2.33 bits per heavy atom. The van der Waals surface area contributed by atoms with Gasteiger partial charge in [0.25, 0.3) is 10.0 Å². The lowest BCUT2D eigenvalue weighted by atomic mass is 10.2. The fourth-order valence-corrected chi connectivity index (χ4v) is 4.83. The van der Waals surface area contributed by atoms with Crippen molar-refractivity contribution >= 4 is 44.8 Å². The first-order valence-corrected chi connectivity index (χ1v) is 12.4. The second-order valence-corrected chi connectivity index (χ2v) is 10.1. The average Bonchev–Trinajstić information content (AvgIpc) is 2.79. The van der Waals surface area contributed by atoms with Gasteiger partial charge in [-0.2, -0.15) is 0 Å². The largest absolute Gasteiger partial charge is 0.491 e. The SMILES string of the molecule is Cc1ccccc1OCC(C)NC(=O)CN(c1ccc(Cl)c(Cl)c1)S(=O)(=O)c1ccccc1. The highest BCUT2D eigenvalue weighted by Gasteiger charge is 2.28. The Morgan fingerprint density at radius 2 is 1.67 bits per heavy atom. The molecule has 0 aliphatic heterocycles. The van der Waals surface area contributed by atoms with E-state index < -0.39 is 22.5 Å². The standard InChI is InChI=1S/C24H24Cl2N2O4S/c1-17-8-6-7-11-23(17)32-16-18(2)27-24(29)15-28(19-12-13-21(25)22(26)14-19)33(30,31)20-9-4-3-5-10-20/h3-14,18H,15-16H2,1-2H3,(H,27,29). The summed E-state index contributed by atoms with van der Waals surface area (Å²) >= 11 is 12.1. The fraction of sp³-hybridized carbons (Fsp3) is 0.208. The van der Waals surface area contributed by atoms with Crippen molar-refractivity contribution in [2.45, 2.75) is 24.8 Å². The van der Waals surface area contributed by atoms with Gasteiger partial charge >= 0.3 is 0 Å². The molecular weight excluding hydrogens is 483 g/mol. The number of halogens is 2. The van der Waals surface area contributed by atoms with Gasteiger partial charge in [0.15, 0.2) is 0 Å². The summed E-state index contributed by atoms with van der Waals surface area (Å²) in [6.45, 7) is 3.51. The van der Waals surface area contributed by atoms with Crippen LogP contribution in [0.4, 0.5) is 5.69 Å². The Hall–Kier alpha value is -2.74. The molecule has 6 nitrogen and oxygen atoms in total. The second-order valence-electron chi connectivity index (χ2n) is 7.47. The Morgan fingerprint density at radius 1 is 1.00 bits per heavy atom. The molecule has 0 spiro atoms. The lowest BCUT2D eigenvalue weighted by Crippen LogP contribution is -2.45. The first-order valence-electron chi connectivity index (χ1n) is 10.2. The van der Waals surface area contributed by atoms with Gasteiger partial charge in [0.2, 0.25) is 5.91 Å². The summed E-state index contributed by atoms with van der Waals surface area (Å²) in [5.41, 5.74) is 1.21. The minimum atomic E-state index is -4.04. The quantitative estimate of drug-likeness (QED) is 0.438. The molecule has 0 aliphatic carbocycles. The number of rotatable bonds is 9. The number of nitrogens with zero attached hydrogens (tertiary/aromatic N) is 1. The van der Waals surface area contributed by atoms with Crippen LogP contribution in [-0.4, -0.2) is 33.5 Å². The lowest BCUT2D eigenvalue weighted by Gasteiger charge is -2.25. The van der Waals surface area contributed by atoms with Crippen LogP contribution in [0, 0.1) is 6.92 Å². The molecule has 174 valence electrons. The van der Waals surface area contributed by atoms with Gasteiger partial charge in [-0.1, -0.05) is 59.6 Å². The number of benzene rings is 3. The summed E-state index contributed by atoms with van der Waals surface area (Å²) < 4.78 is 33.5. The number of carbonyl (C=O) groups excluding carboxylic acids is 1. The van der Waals surface area contributed by atoms with Crippen LogP contribution in [0.5, 0.6) is 5.75 Å². The van der Waals surface area contributed by atoms with E-state index in [1.165, 1.54) is 30.3 Å². The highest BCUT2D eigenvalue weighted by molar-refractivity contribution is 7.92. The van der Waals surface area contributed by atoms with Gasteiger partial charge in [-0.25, -0.2) is 8.42 Å². The summed E-state index contributed by atoms with van der Waals surface area (Å²) in [5.74, 6) is 0.240. The molecule has 0 bridgehead atoms. The molecule has 3 aromatic rings. The van der Waals surface area contributed by atoms with Gasteiger partial charge in [0.05, 0.1) is 26.7 Å². The van der Waals surface area contributed by atoms with Crippen LogP contribution >= 0.6 is 23.2 Å². The van der Waals surface area contributed by atoms with Crippen LogP contribution in [0.15, 0.2) is 77.7 Å². The molecule has 0 aromatic heterocycles. The highest BCUT2D eigenvalue weighted by Crippen LogP contribution is 2.30. The number of carbonyl (C=O) groups is 1. The van der Waals surface area contributed by atoms with Crippen LogP contribution < -0.4 is 14.4 Å². The van der Waals surface area contributed by atoms with Crippen molar-refractivity contribution in [1.29, 1.82) is 0 Å². The molecule has 1 unspecified atom stereocenters. The monoisotopic (exact) mass is 506 g/mol. The van der Waals surface area contributed by atoms with Crippen molar-refractivity contribution in [3.63, 3.8) is 0 Å². The van der Waals surface area contributed by atoms with Crippen LogP contribution in [0.2, 0.25) is 10.0 Å². The third-order valence-corrected chi connectivity index (χ3v) is 7.33. The molecule has 0 saturated carbocycles. The normalized spacial score (nSPS) is 12.1. The van der Waals surface area contributed by atoms with E-state index >= 15 is 0 Å². The fourth-order valence-electron chi connectivity index (χ4n) is 3.10. The summed E-state index contributed by atoms with van der Waals surface area (Å²) in [6.07, 6.45) is 0. The molecule has 0 heterocycles. The maximum Gasteiger partial charge on any atom is 0.264 e. The molecule has 3 rings (SSSR count). The molecular formula is C24H24Cl2N2O4S. The van der Waals surface area contributed by atoms with E-state index in [9.17, 15) is 13.2 Å². The van der Waals surface area contributed by atoms with E-state index in [0.29, 0.717) is 0 Å². The van der Waals surface area contributed by atoms with Crippen LogP contribution in [0.1, 0.15) is 12.5 Å². The zero-order valence-corrected chi connectivity index (χ0v) is 20.5. The third-order valence-electron chi connectivity index (χ3n) is 4.80. The predicted octanol–water partition coefficient (Wildman–Crippen LogP) is 5.08. The summed E-state index contributed by atoms with van der Waals surface area (Å²) in [5, 5.41) is 3.25. The molecule has 9 heteroatoms. The van der Waals surface area contributed by atoms with Gasteiger partial charge < -0.3 is 10.1 Å². The van der Waals surface area contributed by atoms with E-state index in [2.05, 4.69) is 5.32 Å². The van der Waals surface area contributed by atoms with Crippen molar-refractivity contribution in [3.8, 4) is 5.75 Å². The molecule has 0 radical (unpaired) electrons. The molecule has 3 aromatic carbocycles. The molecule has 1 atom stereocenters. The number of para-hydroxylation sites is 1. The second kappa shape index (κ2) is 10.9. The van der Waals surface area contributed by atoms with Crippen LogP contribution in [0.25, 0.3) is 0 Å². The van der Waals surface area contributed by atoms with Gasteiger partial charge in [0.1, 0.15) is 18.9 Å². The molecule has 1 N–H and O–H groups in total. The van der Waals surface area contributed by atoms with Crippen molar-refractivity contribution in [3.05, 3.63) is 88.4 Å². The first kappa shape index (κ1) is 24.9. The average molecular weight is 507 g/mol. The van der Waals surface area contributed by atoms with Gasteiger partial charge in [-0.15, -0.1) is 0 Å². The maximum atomic E-state index is 13.3. The number of nitrogens with one attached hydrogen (secondary N) is 1. The summed E-state index contributed by atoms with van der Waals surface area (Å²) in [7, 11) is -4.04. The number of aryl methyl sites for hydroxylation is 1. The number of hydrogen-bond donors (Lipinski definition) is 1. The van der Waals surface area contributed by atoms with Gasteiger partial charge in [-0.3, -0.25) is 9.10 Å². The predicted molar refractivity (Wildman–Crippen MR) is 132 cm³/mol. The van der Waals surface area contributed by atoms with Crippen LogP contribution in [-0.2, 0) is 14.8 Å². The van der Waals surface area contributed by atoms with E-state index in [1.807, 2.05) is 31.2 Å². The van der Waals surface area contributed by atoms with Crippen molar-refractivity contribution in [2.75, 3.05) is 17.5 Å². The summed E-state index contributed by atoms with van der Waals surface area (Å²) in [6, 6.07) is 19.5. The van der Waals surface area contributed by atoms with E-state index in [1.54, 1.807) is 25.1 Å². The Balaban J connectivity index is 1.77. The molecule has 0 aliphatic rings. The van der Waals surface area contributed by atoms with Crippen LogP contribution in [0.3, 0.4) is 0 Å². The number of ether oxygens (including phenoxy) is 1. The van der Waals surface area contributed by atoms with Crippen molar-refractivity contribution in [2.24, 2.45) is 0 Å². The molecule has 0 fully saturated rings. The van der Waals surface area contributed by atoms with Gasteiger partial charge in [0, 0.05) is 0 Å². The minimum absolute atomic E-state index is 0.0554. The Kier molecular flexibility index (Phi) is 8.24. The topological polar surface area (TPSA) is 75.7 Å². The zero-order chi connectivity index (χ0) is 24.0. The van der Waals surface area contributed by atoms with Gasteiger partial charge in [-0.05, 0) is 55.8 Å². The number of hydrogen-bond acceptors (Lipinski definition) is 4. The first-order chi connectivity index (χ1) is 15.7. The van der Waals surface area contributed by atoms with Crippen molar-refractivity contribution < 1.29 is 17.9 Å². The molecule has 0 saturated heterocycles. The smallest absolute Gasteiger partial charge is 0.264 e. The highest BCUT2D eigenvalue weighted by atomic mass is 35.5.